The minimum Gasteiger partial charge on any atom is -0.459 e. The number of rotatable bonds is 9. The summed E-state index contributed by atoms with van der Waals surface area (Å²) in [4.78, 5) is 38.5. The number of carbonyl (C=O) groups is 3. The molecule has 2 amide bonds. The Bertz CT molecular complexity index is 683. The van der Waals surface area contributed by atoms with Crippen molar-refractivity contribution in [2.24, 2.45) is 0 Å². The Morgan fingerprint density at radius 3 is 2.46 bits per heavy atom. The summed E-state index contributed by atoms with van der Waals surface area (Å²) in [5, 5.41) is 5.89. The van der Waals surface area contributed by atoms with Crippen LogP contribution in [-0.4, -0.2) is 57.0 Å². The van der Waals surface area contributed by atoms with E-state index in [0.717, 1.165) is 0 Å². The quantitative estimate of drug-likeness (QED) is 0.621. The smallest absolute Gasteiger partial charge is 0.326 e. The summed E-state index contributed by atoms with van der Waals surface area (Å²) in [7, 11) is 0. The maximum atomic E-state index is 12.7. The molecule has 0 aliphatic carbocycles. The molecular formula is C19H31N3O5S. The molecule has 28 heavy (non-hydrogen) atoms. The number of hydrogen-bond acceptors (Lipinski definition) is 7. The molecule has 1 aromatic heterocycles. The lowest BCUT2D eigenvalue weighted by Crippen LogP contribution is -2.44. The largest absolute Gasteiger partial charge is 0.459 e. The van der Waals surface area contributed by atoms with E-state index in [1.165, 1.54) is 16.7 Å². The third kappa shape index (κ3) is 8.33. The van der Waals surface area contributed by atoms with E-state index in [2.05, 4.69) is 10.5 Å². The monoisotopic (exact) mass is 413 g/mol. The number of carbonyl (C=O) groups excluding carboxylic acids is 3. The normalized spacial score (nSPS) is 13.5. The van der Waals surface area contributed by atoms with Crippen LogP contribution in [0.25, 0.3) is 0 Å². The molecule has 0 saturated heterocycles. The molecule has 0 spiro atoms. The van der Waals surface area contributed by atoms with Crippen molar-refractivity contribution >= 4 is 35.4 Å². The number of amides is 2. The van der Waals surface area contributed by atoms with Crippen molar-refractivity contribution in [3.63, 3.8) is 0 Å². The second-order valence-corrected chi connectivity index (χ2v) is 8.96. The third-order valence-electron chi connectivity index (χ3n) is 3.87. The Kier molecular flexibility index (Phi) is 9.00. The topological polar surface area (TPSA) is 102 Å². The van der Waals surface area contributed by atoms with E-state index in [9.17, 15) is 14.4 Å². The lowest BCUT2D eigenvalue weighted by molar-refractivity contribution is -0.159. The molecule has 1 heterocycles. The fourth-order valence-corrected chi connectivity index (χ4v) is 3.00. The SMILES string of the molecule is CCC(C)N(CC(=O)OC(C)(C)C)C(=O)CSC(C)C(=O)Nc1cc(C)on1. The summed E-state index contributed by atoms with van der Waals surface area (Å²) in [5.74, 6) is 0.0953. The van der Waals surface area contributed by atoms with Crippen LogP contribution in [0.5, 0.6) is 0 Å². The minimum absolute atomic E-state index is 0.0829. The van der Waals surface area contributed by atoms with E-state index in [-0.39, 0.29) is 30.2 Å². The van der Waals surface area contributed by atoms with E-state index >= 15 is 0 Å². The van der Waals surface area contributed by atoms with Crippen LogP contribution in [0.2, 0.25) is 0 Å². The standard InChI is InChI=1S/C19H31N3O5S/c1-8-12(2)22(10-17(24)26-19(5,6)7)16(23)11-28-14(4)18(25)20-15-9-13(3)27-21-15/h9,12,14H,8,10-11H2,1-7H3,(H,20,21,25). The van der Waals surface area contributed by atoms with Crippen LogP contribution < -0.4 is 5.32 Å². The molecule has 9 heteroatoms. The van der Waals surface area contributed by atoms with E-state index in [0.29, 0.717) is 18.0 Å². The van der Waals surface area contributed by atoms with E-state index in [1.807, 2.05) is 13.8 Å². The Balaban J connectivity index is 2.61. The van der Waals surface area contributed by atoms with Gasteiger partial charge in [-0.2, -0.15) is 0 Å². The first-order chi connectivity index (χ1) is 12.9. The molecule has 2 unspecified atom stereocenters. The van der Waals surface area contributed by atoms with Crippen LogP contribution in [-0.2, 0) is 19.1 Å². The predicted molar refractivity (Wildman–Crippen MR) is 109 cm³/mol. The van der Waals surface area contributed by atoms with Gasteiger partial charge in [0.1, 0.15) is 17.9 Å². The second kappa shape index (κ2) is 10.5. The van der Waals surface area contributed by atoms with Gasteiger partial charge in [-0.1, -0.05) is 12.1 Å². The molecule has 158 valence electrons. The van der Waals surface area contributed by atoms with Crippen LogP contribution in [0.3, 0.4) is 0 Å². The van der Waals surface area contributed by atoms with Crippen molar-refractivity contribution in [3.05, 3.63) is 11.8 Å². The maximum absolute atomic E-state index is 12.7. The zero-order valence-corrected chi connectivity index (χ0v) is 18.5. The number of anilines is 1. The van der Waals surface area contributed by atoms with E-state index < -0.39 is 16.8 Å². The van der Waals surface area contributed by atoms with Gasteiger partial charge in [0.15, 0.2) is 5.82 Å². The molecule has 1 rings (SSSR count). The minimum atomic E-state index is -0.609. The molecule has 1 aromatic rings. The van der Waals surface area contributed by atoms with Crippen LogP contribution in [0, 0.1) is 6.92 Å². The zero-order valence-electron chi connectivity index (χ0n) is 17.7. The van der Waals surface area contributed by atoms with Crippen molar-refractivity contribution in [3.8, 4) is 0 Å². The number of esters is 1. The molecule has 2 atom stereocenters. The Hall–Kier alpha value is -2.03. The van der Waals surface area contributed by atoms with Crippen LogP contribution in [0.1, 0.15) is 53.7 Å². The number of hydrogen-bond donors (Lipinski definition) is 1. The molecule has 0 fully saturated rings. The molecule has 0 saturated carbocycles. The number of nitrogens with zero attached hydrogens (tertiary/aromatic N) is 2. The molecule has 1 N–H and O–H groups in total. The van der Waals surface area contributed by atoms with Crippen molar-refractivity contribution in [1.82, 2.24) is 10.1 Å². The van der Waals surface area contributed by atoms with Gasteiger partial charge in [0.05, 0.1) is 11.0 Å². The third-order valence-corrected chi connectivity index (χ3v) is 5.00. The summed E-state index contributed by atoms with van der Waals surface area (Å²) < 4.78 is 10.2. The Morgan fingerprint density at radius 1 is 1.32 bits per heavy atom. The Labute approximate surface area is 170 Å². The summed E-state index contributed by atoms with van der Waals surface area (Å²) in [6.07, 6.45) is 0.709. The first-order valence-corrected chi connectivity index (χ1v) is 10.3. The highest BCUT2D eigenvalue weighted by Gasteiger charge is 2.26. The zero-order chi connectivity index (χ0) is 21.5. The van der Waals surface area contributed by atoms with Gasteiger partial charge in [-0.05, 0) is 48.0 Å². The number of aromatic nitrogens is 1. The molecular weight excluding hydrogens is 382 g/mol. The molecule has 0 bridgehead atoms. The van der Waals surface area contributed by atoms with Gasteiger partial charge < -0.3 is 19.5 Å². The first kappa shape index (κ1) is 24.0. The van der Waals surface area contributed by atoms with Crippen molar-refractivity contribution in [2.45, 2.75) is 71.8 Å². The highest BCUT2D eigenvalue weighted by atomic mass is 32.2. The van der Waals surface area contributed by atoms with Crippen LogP contribution >= 0.6 is 11.8 Å². The summed E-state index contributed by atoms with van der Waals surface area (Å²) in [6, 6.07) is 1.51. The van der Waals surface area contributed by atoms with Crippen molar-refractivity contribution in [1.29, 1.82) is 0 Å². The van der Waals surface area contributed by atoms with Gasteiger partial charge in [-0.15, -0.1) is 11.8 Å². The van der Waals surface area contributed by atoms with Crippen LogP contribution in [0.4, 0.5) is 5.82 Å². The second-order valence-electron chi connectivity index (χ2n) is 7.63. The molecule has 0 aromatic carbocycles. The lowest BCUT2D eigenvalue weighted by Gasteiger charge is -2.29. The van der Waals surface area contributed by atoms with E-state index in [4.69, 9.17) is 9.26 Å². The number of thioether (sulfide) groups is 1. The van der Waals surface area contributed by atoms with E-state index in [1.54, 1.807) is 40.7 Å². The van der Waals surface area contributed by atoms with Gasteiger partial charge in [0.2, 0.25) is 11.8 Å². The average Bonchev–Trinajstić information content (AvgIpc) is 2.99. The van der Waals surface area contributed by atoms with Gasteiger partial charge in [-0.25, -0.2) is 0 Å². The summed E-state index contributed by atoms with van der Waals surface area (Å²) in [5.41, 5.74) is -0.609. The molecule has 8 nitrogen and oxygen atoms in total. The maximum Gasteiger partial charge on any atom is 0.326 e. The van der Waals surface area contributed by atoms with Crippen molar-refractivity contribution in [2.75, 3.05) is 17.6 Å². The highest BCUT2D eigenvalue weighted by Crippen LogP contribution is 2.17. The molecule has 0 radical (unpaired) electrons. The number of ether oxygens (including phenoxy) is 1. The fourth-order valence-electron chi connectivity index (χ4n) is 2.23. The van der Waals surface area contributed by atoms with Crippen LogP contribution in [0.15, 0.2) is 10.6 Å². The van der Waals surface area contributed by atoms with Gasteiger partial charge >= 0.3 is 5.97 Å². The predicted octanol–water partition coefficient (Wildman–Crippen LogP) is 3.01. The van der Waals surface area contributed by atoms with Crippen molar-refractivity contribution < 1.29 is 23.6 Å². The number of nitrogens with one attached hydrogen (secondary N) is 1. The molecule has 0 aliphatic heterocycles. The Morgan fingerprint density at radius 2 is 1.96 bits per heavy atom. The van der Waals surface area contributed by atoms with Gasteiger partial charge in [0.25, 0.3) is 0 Å². The van der Waals surface area contributed by atoms with Gasteiger partial charge in [0, 0.05) is 12.1 Å². The lowest BCUT2D eigenvalue weighted by atomic mass is 10.2. The summed E-state index contributed by atoms with van der Waals surface area (Å²) in [6.45, 7) is 12.5. The average molecular weight is 414 g/mol. The molecule has 0 aliphatic rings. The summed E-state index contributed by atoms with van der Waals surface area (Å²) >= 11 is 1.20. The van der Waals surface area contributed by atoms with Gasteiger partial charge in [-0.3, -0.25) is 14.4 Å². The first-order valence-electron chi connectivity index (χ1n) is 9.30. The highest BCUT2D eigenvalue weighted by molar-refractivity contribution is 8.01. The number of aryl methyl sites for hydroxylation is 1. The fraction of sp³-hybridized carbons (Fsp3) is 0.684.